The van der Waals surface area contributed by atoms with E-state index in [4.69, 9.17) is 4.74 Å². The van der Waals surface area contributed by atoms with E-state index >= 15 is 0 Å². The zero-order chi connectivity index (χ0) is 21.5. The van der Waals surface area contributed by atoms with Crippen molar-refractivity contribution in [1.29, 1.82) is 0 Å². The smallest absolute Gasteiger partial charge is 0.343 e. The molecule has 0 aromatic heterocycles. The summed E-state index contributed by atoms with van der Waals surface area (Å²) in [6, 6.07) is 14.0. The van der Waals surface area contributed by atoms with Gasteiger partial charge in [0.25, 0.3) is 0 Å². The number of imide groups is 1. The van der Waals surface area contributed by atoms with Crippen molar-refractivity contribution in [3.8, 4) is 5.75 Å². The molecule has 1 heterocycles. The van der Waals surface area contributed by atoms with E-state index in [1.165, 1.54) is 4.90 Å². The Balaban J connectivity index is 1.46. The van der Waals surface area contributed by atoms with Crippen LogP contribution in [0.25, 0.3) is 0 Å². The SMILES string of the molecule is CC(C)(C)c1ccc(OC(=O)c2ccc(N3C(=O)[C@@H]4CCCC[C@H]4C3=O)cc2)cc1. The molecule has 2 atom stereocenters. The fraction of sp³-hybridized carbons (Fsp3) is 0.400. The molecule has 2 fully saturated rings. The number of nitrogens with zero attached hydrogens (tertiary/aromatic N) is 1. The Morgan fingerprint density at radius 3 is 1.90 bits per heavy atom. The lowest BCUT2D eigenvalue weighted by Crippen LogP contribution is -2.30. The number of anilines is 1. The molecule has 2 amide bonds. The quantitative estimate of drug-likeness (QED) is 0.415. The van der Waals surface area contributed by atoms with E-state index < -0.39 is 5.97 Å². The number of hydrogen-bond donors (Lipinski definition) is 0. The highest BCUT2D eigenvalue weighted by molar-refractivity contribution is 6.22. The van der Waals surface area contributed by atoms with E-state index in [2.05, 4.69) is 20.8 Å². The van der Waals surface area contributed by atoms with Crippen molar-refractivity contribution < 1.29 is 19.1 Å². The summed E-state index contributed by atoms with van der Waals surface area (Å²) in [7, 11) is 0. The van der Waals surface area contributed by atoms with Gasteiger partial charge in [0.2, 0.25) is 11.8 Å². The fourth-order valence-corrected chi connectivity index (χ4v) is 4.35. The minimum atomic E-state index is -0.474. The Morgan fingerprint density at radius 1 is 0.867 bits per heavy atom. The number of esters is 1. The van der Waals surface area contributed by atoms with Crippen molar-refractivity contribution in [3.63, 3.8) is 0 Å². The summed E-state index contributed by atoms with van der Waals surface area (Å²) >= 11 is 0. The maximum absolute atomic E-state index is 12.7. The van der Waals surface area contributed by atoms with Gasteiger partial charge in [-0.1, -0.05) is 45.7 Å². The molecule has 1 aliphatic heterocycles. The zero-order valence-corrected chi connectivity index (χ0v) is 17.7. The third-order valence-electron chi connectivity index (χ3n) is 6.13. The van der Waals surface area contributed by atoms with Crippen LogP contribution in [0, 0.1) is 11.8 Å². The van der Waals surface area contributed by atoms with Crippen LogP contribution in [-0.4, -0.2) is 17.8 Å². The number of fused-ring (bicyclic) bond motifs is 1. The van der Waals surface area contributed by atoms with Gasteiger partial charge in [0, 0.05) is 0 Å². The van der Waals surface area contributed by atoms with Crippen LogP contribution in [0.1, 0.15) is 62.4 Å². The molecule has 1 aliphatic carbocycles. The average molecular weight is 405 g/mol. The normalized spacial score (nSPS) is 21.5. The third kappa shape index (κ3) is 3.76. The van der Waals surface area contributed by atoms with Gasteiger partial charge in [-0.2, -0.15) is 0 Å². The Kier molecular flexibility index (Phi) is 5.22. The number of benzene rings is 2. The number of carbonyl (C=O) groups excluding carboxylic acids is 3. The summed E-state index contributed by atoms with van der Waals surface area (Å²) in [6.07, 6.45) is 3.55. The minimum Gasteiger partial charge on any atom is -0.423 e. The standard InChI is InChI=1S/C25H27NO4/c1-25(2,3)17-10-14-19(15-11-17)30-24(29)16-8-12-18(13-9-16)26-22(27)20-6-4-5-7-21(20)23(26)28/h8-15,20-21H,4-7H2,1-3H3/t20-,21-/m1/s1. The highest BCUT2D eigenvalue weighted by Gasteiger charge is 2.48. The van der Waals surface area contributed by atoms with E-state index in [1.807, 2.05) is 12.1 Å². The first kappa shape index (κ1) is 20.3. The maximum Gasteiger partial charge on any atom is 0.343 e. The Hall–Kier alpha value is -2.95. The van der Waals surface area contributed by atoms with Crippen LogP contribution in [0.4, 0.5) is 5.69 Å². The van der Waals surface area contributed by atoms with Gasteiger partial charge in [-0.25, -0.2) is 4.79 Å². The molecular formula is C25H27NO4. The predicted molar refractivity (Wildman–Crippen MR) is 114 cm³/mol. The molecule has 0 spiro atoms. The lowest BCUT2D eigenvalue weighted by Gasteiger charge is -2.19. The second-order valence-electron chi connectivity index (χ2n) is 9.22. The molecular weight excluding hydrogens is 378 g/mol. The molecule has 2 aromatic rings. The van der Waals surface area contributed by atoms with Crippen molar-refractivity contribution >= 4 is 23.5 Å². The molecule has 0 unspecified atom stereocenters. The molecule has 5 nitrogen and oxygen atoms in total. The number of hydrogen-bond acceptors (Lipinski definition) is 4. The van der Waals surface area contributed by atoms with E-state index in [0.717, 1.165) is 31.2 Å². The first-order valence-electron chi connectivity index (χ1n) is 10.6. The highest BCUT2D eigenvalue weighted by atomic mass is 16.5. The minimum absolute atomic E-state index is 0.0281. The van der Waals surface area contributed by atoms with E-state index in [0.29, 0.717) is 17.0 Å². The molecule has 5 heteroatoms. The predicted octanol–water partition coefficient (Wildman–Crippen LogP) is 4.88. The van der Waals surface area contributed by atoms with E-state index in [-0.39, 0.29) is 29.1 Å². The monoisotopic (exact) mass is 405 g/mol. The van der Waals surface area contributed by atoms with Crippen molar-refractivity contribution in [2.45, 2.75) is 51.9 Å². The number of rotatable bonds is 3. The topological polar surface area (TPSA) is 63.7 Å². The summed E-state index contributed by atoms with van der Waals surface area (Å²) in [5, 5.41) is 0. The van der Waals surface area contributed by atoms with Gasteiger partial charge >= 0.3 is 5.97 Å². The Labute approximate surface area is 177 Å². The fourth-order valence-electron chi connectivity index (χ4n) is 4.35. The average Bonchev–Trinajstić information content (AvgIpc) is 2.98. The molecule has 2 aliphatic rings. The van der Waals surface area contributed by atoms with Crippen LogP contribution >= 0.6 is 0 Å². The van der Waals surface area contributed by atoms with Crippen molar-refractivity contribution in [3.05, 3.63) is 59.7 Å². The maximum atomic E-state index is 12.7. The van der Waals surface area contributed by atoms with Gasteiger partial charge in [0.05, 0.1) is 23.1 Å². The van der Waals surface area contributed by atoms with Gasteiger partial charge in [-0.05, 0) is 60.2 Å². The second kappa shape index (κ2) is 7.71. The molecule has 1 saturated carbocycles. The van der Waals surface area contributed by atoms with Crippen LogP contribution in [-0.2, 0) is 15.0 Å². The van der Waals surface area contributed by atoms with Crippen molar-refractivity contribution in [2.75, 3.05) is 4.90 Å². The number of ether oxygens (including phenoxy) is 1. The molecule has 30 heavy (non-hydrogen) atoms. The van der Waals surface area contributed by atoms with E-state index in [1.54, 1.807) is 36.4 Å². The lowest BCUT2D eigenvalue weighted by atomic mass is 9.81. The molecule has 2 aromatic carbocycles. The molecule has 1 saturated heterocycles. The Morgan fingerprint density at radius 2 is 1.40 bits per heavy atom. The first-order valence-corrected chi connectivity index (χ1v) is 10.6. The van der Waals surface area contributed by atoms with Crippen LogP contribution in [0.15, 0.2) is 48.5 Å². The molecule has 0 bridgehead atoms. The molecule has 4 rings (SSSR count). The Bertz CT molecular complexity index is 946. The van der Waals surface area contributed by atoms with Crippen LogP contribution < -0.4 is 9.64 Å². The van der Waals surface area contributed by atoms with Gasteiger partial charge in [-0.3, -0.25) is 14.5 Å². The third-order valence-corrected chi connectivity index (χ3v) is 6.13. The van der Waals surface area contributed by atoms with Gasteiger partial charge in [-0.15, -0.1) is 0 Å². The number of amides is 2. The van der Waals surface area contributed by atoms with Crippen molar-refractivity contribution in [1.82, 2.24) is 0 Å². The largest absolute Gasteiger partial charge is 0.423 e. The number of carbonyl (C=O) groups is 3. The highest BCUT2D eigenvalue weighted by Crippen LogP contribution is 2.40. The summed E-state index contributed by atoms with van der Waals surface area (Å²) < 4.78 is 5.47. The van der Waals surface area contributed by atoms with Gasteiger partial charge in [0.1, 0.15) is 5.75 Å². The van der Waals surface area contributed by atoms with Gasteiger partial charge in [0.15, 0.2) is 0 Å². The molecule has 156 valence electrons. The van der Waals surface area contributed by atoms with Crippen LogP contribution in [0.2, 0.25) is 0 Å². The molecule has 0 radical (unpaired) electrons. The summed E-state index contributed by atoms with van der Waals surface area (Å²) in [5.41, 5.74) is 2.08. The summed E-state index contributed by atoms with van der Waals surface area (Å²) in [5.74, 6) is -0.597. The zero-order valence-electron chi connectivity index (χ0n) is 17.7. The van der Waals surface area contributed by atoms with Crippen LogP contribution in [0.5, 0.6) is 5.75 Å². The molecule has 0 N–H and O–H groups in total. The van der Waals surface area contributed by atoms with E-state index in [9.17, 15) is 14.4 Å². The second-order valence-corrected chi connectivity index (χ2v) is 9.22. The van der Waals surface area contributed by atoms with Crippen LogP contribution in [0.3, 0.4) is 0 Å². The summed E-state index contributed by atoms with van der Waals surface area (Å²) in [4.78, 5) is 39.2. The van der Waals surface area contributed by atoms with Gasteiger partial charge < -0.3 is 4.74 Å². The van der Waals surface area contributed by atoms with Crippen molar-refractivity contribution in [2.24, 2.45) is 11.8 Å². The summed E-state index contributed by atoms with van der Waals surface area (Å²) in [6.45, 7) is 6.38. The lowest BCUT2D eigenvalue weighted by molar-refractivity contribution is -0.122. The first-order chi connectivity index (χ1) is 14.3.